The number of hydrogen-bond donors (Lipinski definition) is 1. The lowest BCUT2D eigenvalue weighted by Crippen LogP contribution is -2.19. The van der Waals surface area contributed by atoms with E-state index in [-0.39, 0.29) is 0 Å². The van der Waals surface area contributed by atoms with Crippen molar-refractivity contribution < 1.29 is 28.5 Å². The van der Waals surface area contributed by atoms with Crippen LogP contribution in [0.15, 0.2) is 127 Å². The number of epoxide rings is 1. The number of rotatable bonds is 16. The van der Waals surface area contributed by atoms with Crippen LogP contribution in [-0.2, 0) is 28.8 Å². The summed E-state index contributed by atoms with van der Waals surface area (Å²) in [6.45, 7) is 6.27. The number of carbonyl (C=O) groups is 2. The van der Waals surface area contributed by atoms with Gasteiger partial charge in [-0.1, -0.05) is 80.1 Å². The van der Waals surface area contributed by atoms with E-state index in [4.69, 9.17) is 30.5 Å². The summed E-state index contributed by atoms with van der Waals surface area (Å²) in [6, 6.07) is 32.0. The quantitative estimate of drug-likeness (QED) is 0.0254. The van der Waals surface area contributed by atoms with Gasteiger partial charge in [-0.05, 0) is 121 Å². The molecule has 10 nitrogen and oxygen atoms in total. The Hall–Kier alpha value is -6.36. The Kier molecular flexibility index (Phi) is 12.6. The normalized spacial score (nSPS) is 16.9. The van der Waals surface area contributed by atoms with E-state index in [0.717, 1.165) is 90.0 Å². The third-order valence-electron chi connectivity index (χ3n) is 11.0. The van der Waals surface area contributed by atoms with Crippen molar-refractivity contribution in [3.05, 3.63) is 155 Å². The minimum absolute atomic E-state index is 0.295. The van der Waals surface area contributed by atoms with Crippen LogP contribution in [0.3, 0.4) is 0 Å². The third-order valence-corrected chi connectivity index (χ3v) is 11.4. The lowest BCUT2D eigenvalue weighted by atomic mass is 9.90. The van der Waals surface area contributed by atoms with Gasteiger partial charge in [0.1, 0.15) is 17.2 Å². The lowest BCUT2D eigenvalue weighted by molar-refractivity contribution is -0.128. The molecule has 1 aromatic heterocycles. The largest absolute Gasteiger partial charge is 0.493 e. The summed E-state index contributed by atoms with van der Waals surface area (Å²) in [5.74, 6) is 1.50. The number of nitrogens with one attached hydrogen (secondary N) is 1. The van der Waals surface area contributed by atoms with Gasteiger partial charge in [-0.15, -0.1) is 5.10 Å². The first-order valence-corrected chi connectivity index (χ1v) is 20.7. The lowest BCUT2D eigenvalue weighted by Gasteiger charge is -2.19. The molecule has 2 fully saturated rings. The fourth-order valence-corrected chi connectivity index (χ4v) is 7.93. The van der Waals surface area contributed by atoms with Crippen molar-refractivity contribution in [1.29, 1.82) is 0 Å². The zero-order chi connectivity index (χ0) is 41.4. The smallest absolute Gasteiger partial charge is 0.343 e. The van der Waals surface area contributed by atoms with Gasteiger partial charge in [0.05, 0.1) is 41.8 Å². The van der Waals surface area contributed by atoms with Crippen molar-refractivity contribution in [3.63, 3.8) is 0 Å². The Morgan fingerprint density at radius 3 is 2.38 bits per heavy atom. The number of benzene rings is 5. The molecule has 1 saturated carbocycles. The number of esters is 2. The number of aromatic nitrogens is 2. The van der Waals surface area contributed by atoms with E-state index < -0.39 is 11.9 Å². The van der Waals surface area contributed by atoms with Crippen molar-refractivity contribution >= 4 is 46.3 Å². The van der Waals surface area contributed by atoms with Crippen LogP contribution in [0.4, 0.5) is 5.82 Å². The van der Waals surface area contributed by atoms with Crippen LogP contribution in [0, 0.1) is 5.92 Å². The molecule has 2 heterocycles. The average molecular weight is 821 g/mol. The van der Waals surface area contributed by atoms with Gasteiger partial charge in [0, 0.05) is 28.0 Å². The number of hydrogen-bond acceptors (Lipinski definition) is 10. The summed E-state index contributed by atoms with van der Waals surface area (Å²) in [5.41, 5.74) is 9.26. The number of hydrazone groups is 1. The molecule has 2 aliphatic rings. The molecule has 304 valence electrons. The number of carbonyl (C=O) groups excluding carboxylic acids is 2. The Balaban J connectivity index is 0.990. The number of anilines is 1. The maximum absolute atomic E-state index is 12.9. The third kappa shape index (κ3) is 9.90. The molecule has 5 aromatic carbocycles. The van der Waals surface area contributed by atoms with Crippen LogP contribution >= 0.6 is 11.6 Å². The summed E-state index contributed by atoms with van der Waals surface area (Å²) in [7, 11) is 0. The second kappa shape index (κ2) is 18.7. The van der Waals surface area contributed by atoms with Gasteiger partial charge >= 0.3 is 11.9 Å². The molecule has 8 rings (SSSR count). The molecule has 3 unspecified atom stereocenters. The Bertz CT molecular complexity index is 2520. The molecule has 1 saturated heterocycles. The van der Waals surface area contributed by atoms with E-state index in [1.54, 1.807) is 24.5 Å². The zero-order valence-electron chi connectivity index (χ0n) is 33.3. The van der Waals surface area contributed by atoms with E-state index in [1.165, 1.54) is 35.4 Å². The second-order valence-electron chi connectivity index (χ2n) is 15.1. The minimum atomic E-state index is -0.586. The number of aryl methyl sites for hydroxylation is 3. The first kappa shape index (κ1) is 40.4. The molecule has 1 aliphatic carbocycles. The first-order valence-electron chi connectivity index (χ1n) is 20.3. The summed E-state index contributed by atoms with van der Waals surface area (Å²) in [4.78, 5) is 24.4. The molecule has 60 heavy (non-hydrogen) atoms. The SMILES string of the molecule is C=CC(=O)Oc1ccc(C(=O)Oc2ccc(-c3ccc(CCc4ccc(OCC5CCC6OC6C5)cc4)c(/C=N/Nc4nncc5ccc(CCC)cc45)c3Cl)cc2)cc1. The first-order chi connectivity index (χ1) is 29.3. The molecule has 1 aliphatic heterocycles. The summed E-state index contributed by atoms with van der Waals surface area (Å²) in [5, 5.41) is 15.7. The van der Waals surface area contributed by atoms with E-state index in [1.807, 2.05) is 18.2 Å². The highest BCUT2D eigenvalue weighted by molar-refractivity contribution is 6.36. The van der Waals surface area contributed by atoms with Crippen LogP contribution in [0.1, 0.15) is 65.2 Å². The second-order valence-corrected chi connectivity index (χ2v) is 15.5. The van der Waals surface area contributed by atoms with Crippen LogP contribution < -0.4 is 19.6 Å². The predicted octanol–water partition coefficient (Wildman–Crippen LogP) is 10.4. The van der Waals surface area contributed by atoms with Gasteiger partial charge in [-0.25, -0.2) is 9.59 Å². The van der Waals surface area contributed by atoms with Gasteiger partial charge in [0.15, 0.2) is 5.82 Å². The summed E-state index contributed by atoms with van der Waals surface area (Å²) in [6.07, 6.45) is 12.4. The summed E-state index contributed by atoms with van der Waals surface area (Å²) >= 11 is 7.26. The van der Waals surface area contributed by atoms with Crippen molar-refractivity contribution in [2.45, 2.75) is 64.1 Å². The fraction of sp³-hybridized carbons (Fsp3) is 0.245. The predicted molar refractivity (Wildman–Crippen MR) is 234 cm³/mol. The molecule has 6 aromatic rings. The van der Waals surface area contributed by atoms with Crippen LogP contribution in [0.5, 0.6) is 17.2 Å². The fourth-order valence-electron chi connectivity index (χ4n) is 7.59. The number of nitrogens with zero attached hydrogens (tertiary/aromatic N) is 3. The van der Waals surface area contributed by atoms with Crippen LogP contribution in [-0.4, -0.2) is 47.2 Å². The number of halogens is 1. The highest BCUT2D eigenvalue weighted by Crippen LogP contribution is 2.40. The van der Waals surface area contributed by atoms with Gasteiger partial charge in [0.25, 0.3) is 0 Å². The zero-order valence-corrected chi connectivity index (χ0v) is 34.1. The number of ether oxygens (including phenoxy) is 4. The van der Waals surface area contributed by atoms with Gasteiger partial charge in [0.2, 0.25) is 0 Å². The van der Waals surface area contributed by atoms with E-state index in [0.29, 0.717) is 52.4 Å². The van der Waals surface area contributed by atoms with E-state index >= 15 is 0 Å². The maximum atomic E-state index is 12.9. The van der Waals surface area contributed by atoms with E-state index in [9.17, 15) is 9.59 Å². The van der Waals surface area contributed by atoms with Gasteiger partial charge in [-0.3, -0.25) is 5.43 Å². The Morgan fingerprint density at radius 2 is 1.62 bits per heavy atom. The van der Waals surface area contributed by atoms with Crippen molar-refractivity contribution in [2.24, 2.45) is 11.0 Å². The molecule has 0 amide bonds. The van der Waals surface area contributed by atoms with E-state index in [2.05, 4.69) is 82.8 Å². The summed E-state index contributed by atoms with van der Waals surface area (Å²) < 4.78 is 22.6. The maximum Gasteiger partial charge on any atom is 0.343 e. The molecule has 0 bridgehead atoms. The Labute approximate surface area is 354 Å². The molecule has 0 spiro atoms. The standard InChI is InChI=1S/C49H45ClN4O6/c1-3-5-32-7-12-37-28-51-53-48(42(37)26-32)54-52-29-43-35(11-6-31-8-18-38(19-9-31)57-30-33-10-25-44-45(27-33)60-44)17-24-41(47(43)50)34-13-20-40(21-14-34)59-49(56)36-15-22-39(23-16-36)58-46(55)4-2/h4,7-9,12-24,26,28-29,33,44-45H,2-3,5-6,10-11,25,27,30H2,1H3,(H,53,54)/b52-29+. The highest BCUT2D eigenvalue weighted by Gasteiger charge is 2.43. The molecular weight excluding hydrogens is 776 g/mol. The Morgan fingerprint density at radius 1 is 0.867 bits per heavy atom. The van der Waals surface area contributed by atoms with Crippen molar-refractivity contribution in [1.82, 2.24) is 10.2 Å². The topological polar surface area (TPSA) is 125 Å². The van der Waals surface area contributed by atoms with Crippen LogP contribution in [0.2, 0.25) is 5.02 Å². The minimum Gasteiger partial charge on any atom is -0.493 e. The average Bonchev–Trinajstić information content (AvgIpc) is 4.06. The molecule has 1 N–H and O–H groups in total. The molecule has 11 heteroatoms. The molecule has 0 radical (unpaired) electrons. The molecular formula is C49H45ClN4O6. The highest BCUT2D eigenvalue weighted by atomic mass is 35.5. The molecule has 3 atom stereocenters. The monoisotopic (exact) mass is 820 g/mol. The van der Waals surface area contributed by atoms with Crippen molar-refractivity contribution in [2.75, 3.05) is 12.0 Å². The van der Waals surface area contributed by atoms with Crippen LogP contribution in [0.25, 0.3) is 21.9 Å². The van der Waals surface area contributed by atoms with Gasteiger partial charge in [-0.2, -0.15) is 10.2 Å². The van der Waals surface area contributed by atoms with Gasteiger partial charge < -0.3 is 18.9 Å². The van der Waals surface area contributed by atoms with Crippen molar-refractivity contribution in [3.8, 4) is 28.4 Å². The number of fused-ring (bicyclic) bond motifs is 2.